The van der Waals surface area contributed by atoms with E-state index in [1.165, 1.54) is 6.07 Å². The van der Waals surface area contributed by atoms with Crippen molar-refractivity contribution in [3.63, 3.8) is 0 Å². The zero-order valence-corrected chi connectivity index (χ0v) is 15.0. The SMILES string of the molecule is Cn1cc(N2CCCC(NC(=O)C(C)(C)c3ccccc3F)C2)cn1. The van der Waals surface area contributed by atoms with Gasteiger partial charge >= 0.3 is 0 Å². The fraction of sp³-hybridized carbons (Fsp3) is 0.474. The van der Waals surface area contributed by atoms with E-state index >= 15 is 0 Å². The van der Waals surface area contributed by atoms with Gasteiger partial charge in [-0.25, -0.2) is 4.39 Å². The molecule has 1 aliphatic rings. The lowest BCUT2D eigenvalue weighted by Gasteiger charge is -2.35. The van der Waals surface area contributed by atoms with Crippen LogP contribution in [0.3, 0.4) is 0 Å². The van der Waals surface area contributed by atoms with Crippen molar-refractivity contribution >= 4 is 11.6 Å². The highest BCUT2D eigenvalue weighted by atomic mass is 19.1. The van der Waals surface area contributed by atoms with Gasteiger partial charge in [-0.15, -0.1) is 0 Å². The molecule has 2 heterocycles. The molecule has 1 atom stereocenters. The summed E-state index contributed by atoms with van der Waals surface area (Å²) in [6.45, 7) is 5.23. The first-order valence-electron chi connectivity index (χ1n) is 8.67. The third-order valence-electron chi connectivity index (χ3n) is 4.93. The number of piperidine rings is 1. The van der Waals surface area contributed by atoms with E-state index in [0.29, 0.717) is 5.56 Å². The summed E-state index contributed by atoms with van der Waals surface area (Å²) in [5.41, 5.74) is 0.573. The van der Waals surface area contributed by atoms with Gasteiger partial charge in [0.05, 0.1) is 17.3 Å². The summed E-state index contributed by atoms with van der Waals surface area (Å²) in [5, 5.41) is 7.33. The molecule has 0 bridgehead atoms. The predicted molar refractivity (Wildman–Crippen MR) is 96.0 cm³/mol. The van der Waals surface area contributed by atoms with Crippen molar-refractivity contribution in [1.82, 2.24) is 15.1 Å². The second kappa shape index (κ2) is 6.86. The summed E-state index contributed by atoms with van der Waals surface area (Å²) in [6, 6.07) is 6.53. The number of carbonyl (C=O) groups is 1. The van der Waals surface area contributed by atoms with Gasteiger partial charge < -0.3 is 10.2 Å². The molecule has 0 saturated carbocycles. The van der Waals surface area contributed by atoms with E-state index in [4.69, 9.17) is 0 Å². The Labute approximate surface area is 147 Å². The molecule has 0 spiro atoms. The van der Waals surface area contributed by atoms with Crippen LogP contribution >= 0.6 is 0 Å². The van der Waals surface area contributed by atoms with Gasteiger partial charge in [0.1, 0.15) is 5.82 Å². The van der Waals surface area contributed by atoms with Gasteiger partial charge in [0.25, 0.3) is 0 Å². The molecular formula is C19H25FN4O. The maximum absolute atomic E-state index is 14.1. The first-order chi connectivity index (χ1) is 11.9. The summed E-state index contributed by atoms with van der Waals surface area (Å²) in [7, 11) is 1.89. The number of rotatable bonds is 4. The molecule has 1 amide bonds. The Morgan fingerprint density at radius 3 is 2.80 bits per heavy atom. The first-order valence-corrected chi connectivity index (χ1v) is 8.67. The number of benzene rings is 1. The van der Waals surface area contributed by atoms with Crippen molar-refractivity contribution < 1.29 is 9.18 Å². The highest BCUT2D eigenvalue weighted by Crippen LogP contribution is 2.27. The molecule has 0 aliphatic carbocycles. The molecule has 5 nitrogen and oxygen atoms in total. The van der Waals surface area contributed by atoms with Crippen molar-refractivity contribution in [3.05, 3.63) is 48.0 Å². The molecular weight excluding hydrogens is 319 g/mol. The largest absolute Gasteiger partial charge is 0.367 e. The molecule has 1 aromatic carbocycles. The minimum absolute atomic E-state index is 0.0486. The van der Waals surface area contributed by atoms with Crippen molar-refractivity contribution in [2.45, 2.75) is 38.1 Å². The van der Waals surface area contributed by atoms with Gasteiger partial charge in [0.2, 0.25) is 5.91 Å². The fourth-order valence-corrected chi connectivity index (χ4v) is 3.36. The molecule has 1 N–H and O–H groups in total. The summed E-state index contributed by atoms with van der Waals surface area (Å²) >= 11 is 0. The standard InChI is InChI=1S/C19H25FN4O/c1-19(2,16-8-4-5-9-17(16)20)18(25)22-14-7-6-10-24(12-14)15-11-21-23(3)13-15/h4-5,8-9,11,13-14H,6-7,10,12H2,1-3H3,(H,22,25). The Hall–Kier alpha value is -2.37. The molecule has 1 fully saturated rings. The molecule has 2 aromatic rings. The fourth-order valence-electron chi connectivity index (χ4n) is 3.36. The normalized spacial score (nSPS) is 18.2. The van der Waals surface area contributed by atoms with Gasteiger partial charge in [-0.05, 0) is 32.8 Å². The molecule has 6 heteroatoms. The number of carbonyl (C=O) groups excluding carboxylic acids is 1. The second-order valence-corrected chi connectivity index (χ2v) is 7.24. The Morgan fingerprint density at radius 2 is 2.12 bits per heavy atom. The predicted octanol–water partition coefficient (Wildman–Crippen LogP) is 2.62. The monoisotopic (exact) mass is 344 g/mol. The van der Waals surface area contributed by atoms with Crippen LogP contribution in [-0.4, -0.2) is 34.8 Å². The zero-order chi connectivity index (χ0) is 18.0. The molecule has 134 valence electrons. The van der Waals surface area contributed by atoms with E-state index in [-0.39, 0.29) is 17.8 Å². The molecule has 1 aliphatic heterocycles. The van der Waals surface area contributed by atoms with Crippen LogP contribution in [0, 0.1) is 5.82 Å². The van der Waals surface area contributed by atoms with Gasteiger partial charge in [-0.2, -0.15) is 5.10 Å². The molecule has 1 unspecified atom stereocenters. The van der Waals surface area contributed by atoms with E-state index in [0.717, 1.165) is 31.6 Å². The molecule has 25 heavy (non-hydrogen) atoms. The van der Waals surface area contributed by atoms with Gasteiger partial charge in [0.15, 0.2) is 0 Å². The minimum atomic E-state index is -0.915. The number of aryl methyl sites for hydroxylation is 1. The third kappa shape index (κ3) is 3.67. The highest BCUT2D eigenvalue weighted by molar-refractivity contribution is 5.87. The van der Waals surface area contributed by atoms with Gasteiger partial charge in [-0.3, -0.25) is 9.48 Å². The maximum atomic E-state index is 14.1. The van der Waals surface area contributed by atoms with Crippen LogP contribution < -0.4 is 10.2 Å². The van der Waals surface area contributed by atoms with Crippen LogP contribution in [0.15, 0.2) is 36.7 Å². The van der Waals surface area contributed by atoms with Crippen LogP contribution in [0.5, 0.6) is 0 Å². The van der Waals surface area contributed by atoms with Crippen LogP contribution in [0.4, 0.5) is 10.1 Å². The number of nitrogens with zero attached hydrogens (tertiary/aromatic N) is 3. The van der Waals surface area contributed by atoms with Crippen LogP contribution in [0.1, 0.15) is 32.3 Å². The van der Waals surface area contributed by atoms with Crippen molar-refractivity contribution in [1.29, 1.82) is 0 Å². The molecule has 1 saturated heterocycles. The van der Waals surface area contributed by atoms with E-state index in [1.54, 1.807) is 36.7 Å². The Bertz CT molecular complexity index is 755. The maximum Gasteiger partial charge on any atom is 0.230 e. The van der Waals surface area contributed by atoms with Gasteiger partial charge in [-0.1, -0.05) is 18.2 Å². The lowest BCUT2D eigenvalue weighted by atomic mass is 9.83. The summed E-state index contributed by atoms with van der Waals surface area (Å²) in [5.74, 6) is -0.487. The molecule has 3 rings (SSSR count). The Morgan fingerprint density at radius 1 is 1.36 bits per heavy atom. The van der Waals surface area contributed by atoms with Gasteiger partial charge in [0, 0.05) is 37.9 Å². The zero-order valence-electron chi connectivity index (χ0n) is 15.0. The number of nitrogens with one attached hydrogen (secondary N) is 1. The minimum Gasteiger partial charge on any atom is -0.367 e. The first kappa shape index (κ1) is 17.5. The van der Waals surface area contributed by atoms with Crippen LogP contribution in [-0.2, 0) is 17.3 Å². The smallest absolute Gasteiger partial charge is 0.230 e. The number of amides is 1. The molecule has 1 aromatic heterocycles. The summed E-state index contributed by atoms with van der Waals surface area (Å²) in [4.78, 5) is 15.1. The summed E-state index contributed by atoms with van der Waals surface area (Å²) in [6.07, 6.45) is 5.75. The summed E-state index contributed by atoms with van der Waals surface area (Å²) < 4.78 is 15.9. The highest BCUT2D eigenvalue weighted by Gasteiger charge is 2.34. The van der Waals surface area contributed by atoms with Crippen molar-refractivity contribution in [2.24, 2.45) is 7.05 Å². The Kier molecular flexibility index (Phi) is 4.79. The number of hydrogen-bond acceptors (Lipinski definition) is 3. The topological polar surface area (TPSA) is 50.2 Å². The van der Waals surface area contributed by atoms with Crippen LogP contribution in [0.25, 0.3) is 0 Å². The number of halogens is 1. The number of aromatic nitrogens is 2. The third-order valence-corrected chi connectivity index (χ3v) is 4.93. The second-order valence-electron chi connectivity index (χ2n) is 7.24. The van der Waals surface area contributed by atoms with E-state index in [2.05, 4.69) is 15.3 Å². The van der Waals surface area contributed by atoms with E-state index in [9.17, 15) is 9.18 Å². The van der Waals surface area contributed by atoms with E-state index in [1.807, 2.05) is 19.4 Å². The average molecular weight is 344 g/mol. The lowest BCUT2D eigenvalue weighted by molar-refractivity contribution is -0.126. The van der Waals surface area contributed by atoms with Crippen molar-refractivity contribution in [2.75, 3.05) is 18.0 Å². The average Bonchev–Trinajstić information content (AvgIpc) is 3.02. The lowest BCUT2D eigenvalue weighted by Crippen LogP contribution is -2.52. The quantitative estimate of drug-likeness (QED) is 0.928. The number of hydrogen-bond donors (Lipinski definition) is 1. The molecule has 0 radical (unpaired) electrons. The van der Waals surface area contributed by atoms with Crippen molar-refractivity contribution in [3.8, 4) is 0 Å². The van der Waals surface area contributed by atoms with Crippen LogP contribution in [0.2, 0.25) is 0 Å². The Balaban J connectivity index is 1.69. The number of anilines is 1. The van der Waals surface area contributed by atoms with E-state index < -0.39 is 5.41 Å².